The molecule has 1 heterocycles. The monoisotopic (exact) mass is 298 g/mol. The number of hydrogen-bond acceptors (Lipinski definition) is 5. The van der Waals surface area contributed by atoms with Gasteiger partial charge in [-0.05, 0) is 30.3 Å². The van der Waals surface area contributed by atoms with Gasteiger partial charge in [-0.15, -0.1) is 0 Å². The highest BCUT2D eigenvalue weighted by atomic mass is 16.2. The van der Waals surface area contributed by atoms with Gasteiger partial charge in [0.25, 0.3) is 0 Å². The number of imide groups is 1. The highest BCUT2D eigenvalue weighted by molar-refractivity contribution is 6.48. The maximum Gasteiger partial charge on any atom is 0.323 e. The molecule has 3 N–H and O–H groups in total. The quantitative estimate of drug-likeness (QED) is 0.640. The molecule has 0 aliphatic carbocycles. The molecule has 0 atom stereocenters. The van der Waals surface area contributed by atoms with Crippen molar-refractivity contribution in [3.05, 3.63) is 48.7 Å². The lowest BCUT2D eigenvalue weighted by Crippen LogP contribution is -2.42. The SMILES string of the molecule is CC(=O)N(C(=O)C(=O)Nc1ccccn1)c1cccc(N)c1. The van der Waals surface area contributed by atoms with Crippen LogP contribution in [0.25, 0.3) is 0 Å². The van der Waals surface area contributed by atoms with Gasteiger partial charge in [0.05, 0.1) is 5.69 Å². The van der Waals surface area contributed by atoms with Crippen LogP contribution in [0.4, 0.5) is 17.2 Å². The van der Waals surface area contributed by atoms with Crippen LogP contribution in [0.3, 0.4) is 0 Å². The van der Waals surface area contributed by atoms with Crippen LogP contribution in [0.2, 0.25) is 0 Å². The topological polar surface area (TPSA) is 105 Å². The predicted molar refractivity (Wildman–Crippen MR) is 81.9 cm³/mol. The predicted octanol–water partition coefficient (Wildman–Crippen LogP) is 1.18. The van der Waals surface area contributed by atoms with Crippen LogP contribution >= 0.6 is 0 Å². The number of nitrogens with two attached hydrogens (primary N) is 1. The molecule has 0 bridgehead atoms. The van der Waals surface area contributed by atoms with Gasteiger partial charge in [0, 0.05) is 18.8 Å². The molecule has 0 saturated heterocycles. The standard InChI is InChI=1S/C15H14N4O3/c1-10(20)19(12-6-4-5-11(16)9-12)15(22)14(21)18-13-7-2-3-8-17-13/h2-9H,16H2,1H3,(H,17,18,21). The number of carbonyl (C=O) groups excluding carboxylic acids is 3. The molecule has 0 unspecified atom stereocenters. The number of pyridine rings is 1. The van der Waals surface area contributed by atoms with Gasteiger partial charge in [-0.1, -0.05) is 12.1 Å². The summed E-state index contributed by atoms with van der Waals surface area (Å²) in [5.74, 6) is -2.34. The first-order valence-electron chi connectivity index (χ1n) is 6.41. The number of aromatic nitrogens is 1. The lowest BCUT2D eigenvalue weighted by Gasteiger charge is -2.18. The highest BCUT2D eigenvalue weighted by Gasteiger charge is 2.27. The van der Waals surface area contributed by atoms with Crippen LogP contribution in [-0.2, 0) is 14.4 Å². The first kappa shape index (κ1) is 15.2. The zero-order valence-electron chi connectivity index (χ0n) is 11.8. The Balaban J connectivity index is 2.23. The van der Waals surface area contributed by atoms with Crippen molar-refractivity contribution >= 4 is 34.9 Å². The summed E-state index contributed by atoms with van der Waals surface area (Å²) in [6.07, 6.45) is 1.47. The zero-order chi connectivity index (χ0) is 16.1. The number of amides is 3. The fourth-order valence-electron chi connectivity index (χ4n) is 1.81. The van der Waals surface area contributed by atoms with Gasteiger partial charge in [-0.25, -0.2) is 9.88 Å². The fraction of sp³-hybridized carbons (Fsp3) is 0.0667. The summed E-state index contributed by atoms with van der Waals surface area (Å²) >= 11 is 0. The molecule has 7 nitrogen and oxygen atoms in total. The summed E-state index contributed by atoms with van der Waals surface area (Å²) in [6, 6.07) is 11.0. The van der Waals surface area contributed by atoms with Crippen molar-refractivity contribution in [3.63, 3.8) is 0 Å². The van der Waals surface area contributed by atoms with Crippen molar-refractivity contribution in [1.29, 1.82) is 0 Å². The molecular formula is C15H14N4O3. The molecule has 22 heavy (non-hydrogen) atoms. The maximum atomic E-state index is 12.2. The zero-order valence-corrected chi connectivity index (χ0v) is 11.8. The molecule has 1 aromatic heterocycles. The number of rotatable bonds is 2. The minimum Gasteiger partial charge on any atom is -0.399 e. The lowest BCUT2D eigenvalue weighted by atomic mass is 10.2. The van der Waals surface area contributed by atoms with E-state index in [1.807, 2.05) is 0 Å². The highest BCUT2D eigenvalue weighted by Crippen LogP contribution is 2.18. The first-order valence-corrected chi connectivity index (χ1v) is 6.41. The van der Waals surface area contributed by atoms with Gasteiger partial charge in [0.2, 0.25) is 5.91 Å². The fourth-order valence-corrected chi connectivity index (χ4v) is 1.81. The minimum atomic E-state index is -1.01. The van der Waals surface area contributed by atoms with E-state index in [1.54, 1.807) is 24.3 Å². The van der Waals surface area contributed by atoms with E-state index in [4.69, 9.17) is 5.73 Å². The third-order valence-corrected chi connectivity index (χ3v) is 2.75. The van der Waals surface area contributed by atoms with E-state index in [0.29, 0.717) is 5.69 Å². The van der Waals surface area contributed by atoms with Gasteiger partial charge < -0.3 is 11.1 Å². The summed E-state index contributed by atoms with van der Waals surface area (Å²) in [5.41, 5.74) is 6.24. The molecule has 0 saturated carbocycles. The molecule has 2 aromatic rings. The second-order valence-electron chi connectivity index (χ2n) is 4.42. The van der Waals surface area contributed by atoms with Crippen molar-refractivity contribution < 1.29 is 14.4 Å². The van der Waals surface area contributed by atoms with Crippen LogP contribution in [-0.4, -0.2) is 22.7 Å². The molecule has 7 heteroatoms. The van der Waals surface area contributed by atoms with Gasteiger partial charge in [0.1, 0.15) is 5.82 Å². The molecule has 0 radical (unpaired) electrons. The number of carbonyl (C=O) groups is 3. The molecule has 0 spiro atoms. The molecule has 0 aliphatic rings. The molecule has 2 rings (SSSR count). The number of hydrogen-bond donors (Lipinski definition) is 2. The van der Waals surface area contributed by atoms with Gasteiger partial charge in [-0.2, -0.15) is 0 Å². The normalized spacial score (nSPS) is 9.86. The Morgan fingerprint density at radius 2 is 1.91 bits per heavy atom. The summed E-state index contributed by atoms with van der Waals surface area (Å²) in [5, 5.41) is 2.34. The van der Waals surface area contributed by atoms with Crippen molar-refractivity contribution in [2.75, 3.05) is 16.0 Å². The Morgan fingerprint density at radius 3 is 2.50 bits per heavy atom. The van der Waals surface area contributed by atoms with E-state index in [9.17, 15) is 14.4 Å². The number of nitrogen functional groups attached to an aromatic ring is 1. The minimum absolute atomic E-state index is 0.219. The Morgan fingerprint density at radius 1 is 1.14 bits per heavy atom. The molecule has 112 valence electrons. The first-order chi connectivity index (χ1) is 10.5. The van der Waals surface area contributed by atoms with E-state index in [-0.39, 0.29) is 11.5 Å². The smallest absolute Gasteiger partial charge is 0.323 e. The Hall–Kier alpha value is -3.22. The summed E-state index contributed by atoms with van der Waals surface area (Å²) in [7, 11) is 0. The van der Waals surface area contributed by atoms with Crippen LogP contribution in [0.1, 0.15) is 6.92 Å². The van der Waals surface area contributed by atoms with Crippen molar-refractivity contribution in [2.24, 2.45) is 0 Å². The van der Waals surface area contributed by atoms with E-state index >= 15 is 0 Å². The second-order valence-corrected chi connectivity index (χ2v) is 4.42. The molecule has 3 amide bonds. The van der Waals surface area contributed by atoms with Crippen LogP contribution < -0.4 is 16.0 Å². The number of anilines is 3. The maximum absolute atomic E-state index is 12.2. The van der Waals surface area contributed by atoms with E-state index in [2.05, 4.69) is 10.3 Å². The van der Waals surface area contributed by atoms with Crippen molar-refractivity contribution in [3.8, 4) is 0 Å². The summed E-state index contributed by atoms with van der Waals surface area (Å²) in [6.45, 7) is 1.19. The van der Waals surface area contributed by atoms with Crippen LogP contribution in [0, 0.1) is 0 Å². The Kier molecular flexibility index (Phi) is 4.47. The van der Waals surface area contributed by atoms with E-state index in [1.165, 1.54) is 31.3 Å². The van der Waals surface area contributed by atoms with E-state index < -0.39 is 17.7 Å². The van der Waals surface area contributed by atoms with Crippen molar-refractivity contribution in [1.82, 2.24) is 4.98 Å². The summed E-state index contributed by atoms with van der Waals surface area (Å²) in [4.78, 5) is 40.6. The van der Waals surface area contributed by atoms with Gasteiger partial charge in [0.15, 0.2) is 0 Å². The number of nitrogens with zero attached hydrogens (tertiary/aromatic N) is 2. The largest absolute Gasteiger partial charge is 0.399 e. The molecule has 0 fully saturated rings. The van der Waals surface area contributed by atoms with Gasteiger partial charge >= 0.3 is 11.8 Å². The lowest BCUT2D eigenvalue weighted by molar-refractivity contribution is -0.136. The second kappa shape index (κ2) is 6.49. The van der Waals surface area contributed by atoms with Crippen LogP contribution in [0.15, 0.2) is 48.7 Å². The van der Waals surface area contributed by atoms with Crippen molar-refractivity contribution in [2.45, 2.75) is 6.92 Å². The average Bonchev–Trinajstić information content (AvgIpc) is 2.48. The Bertz CT molecular complexity index is 716. The van der Waals surface area contributed by atoms with E-state index in [0.717, 1.165) is 4.90 Å². The molecular weight excluding hydrogens is 284 g/mol. The van der Waals surface area contributed by atoms with Crippen LogP contribution in [0.5, 0.6) is 0 Å². The number of nitrogens with one attached hydrogen (secondary N) is 1. The molecule has 1 aromatic carbocycles. The summed E-state index contributed by atoms with van der Waals surface area (Å²) < 4.78 is 0. The Labute approximate surface area is 126 Å². The average molecular weight is 298 g/mol. The third-order valence-electron chi connectivity index (χ3n) is 2.75. The third kappa shape index (κ3) is 3.45. The number of benzene rings is 1. The van der Waals surface area contributed by atoms with Gasteiger partial charge in [-0.3, -0.25) is 14.4 Å². The molecule has 0 aliphatic heterocycles.